The van der Waals surface area contributed by atoms with Gasteiger partial charge in [-0.15, -0.1) is 5.54 Å². The molecule has 0 aliphatic carbocycles. The van der Waals surface area contributed by atoms with E-state index in [1.807, 2.05) is 36.4 Å². The highest BCUT2D eigenvalue weighted by molar-refractivity contribution is 6.83. The van der Waals surface area contributed by atoms with Gasteiger partial charge in [-0.3, -0.25) is 4.98 Å². The Morgan fingerprint density at radius 3 is 2.58 bits per heavy atom. The largest absolute Gasteiger partial charge is 0.255 e. The average Bonchev–Trinajstić information content (AvgIpc) is 2.36. The van der Waals surface area contributed by atoms with E-state index in [0.717, 1.165) is 16.8 Å². The molecule has 1 nitrogen and oxygen atoms in total. The molecule has 0 aliphatic heterocycles. The first-order valence-electron chi connectivity index (χ1n) is 6.20. The van der Waals surface area contributed by atoms with Crippen LogP contribution >= 0.6 is 11.6 Å². The van der Waals surface area contributed by atoms with Crippen LogP contribution in [0, 0.1) is 11.5 Å². The summed E-state index contributed by atoms with van der Waals surface area (Å²) in [7, 11) is -1.39. The van der Waals surface area contributed by atoms with Crippen LogP contribution in [-0.2, 0) is 0 Å². The lowest BCUT2D eigenvalue weighted by Gasteiger charge is -2.06. The fourth-order valence-corrected chi connectivity index (χ4v) is 2.33. The van der Waals surface area contributed by atoms with Crippen LogP contribution in [0.15, 0.2) is 42.6 Å². The van der Waals surface area contributed by atoms with Gasteiger partial charge in [-0.2, -0.15) is 0 Å². The average molecular weight is 286 g/mol. The predicted molar refractivity (Wildman–Crippen MR) is 84.9 cm³/mol. The fourth-order valence-electron chi connectivity index (χ4n) is 1.63. The van der Waals surface area contributed by atoms with Gasteiger partial charge in [0.2, 0.25) is 0 Å². The van der Waals surface area contributed by atoms with Crippen LogP contribution in [0.25, 0.3) is 11.3 Å². The minimum absolute atomic E-state index is 0.715. The van der Waals surface area contributed by atoms with Gasteiger partial charge in [0.25, 0.3) is 0 Å². The molecule has 2 aromatic rings. The molecule has 2 rings (SSSR count). The molecule has 19 heavy (non-hydrogen) atoms. The van der Waals surface area contributed by atoms with Crippen LogP contribution in [0.1, 0.15) is 5.56 Å². The van der Waals surface area contributed by atoms with Crippen molar-refractivity contribution in [2.24, 2.45) is 0 Å². The van der Waals surface area contributed by atoms with Gasteiger partial charge in [-0.05, 0) is 24.3 Å². The zero-order valence-corrected chi connectivity index (χ0v) is 13.1. The maximum absolute atomic E-state index is 6.04. The van der Waals surface area contributed by atoms with Crippen molar-refractivity contribution < 1.29 is 0 Å². The highest BCUT2D eigenvalue weighted by Crippen LogP contribution is 2.23. The number of pyridine rings is 1. The fraction of sp³-hybridized carbons (Fsp3) is 0.188. The highest BCUT2D eigenvalue weighted by Gasteiger charge is 2.09. The molecule has 96 valence electrons. The Hall–Kier alpha value is -1.56. The third-order valence-corrected chi connectivity index (χ3v) is 3.59. The van der Waals surface area contributed by atoms with Crippen molar-refractivity contribution in [2.75, 3.05) is 0 Å². The molecular formula is C16H16ClNSi. The molecule has 0 N–H and O–H groups in total. The monoisotopic (exact) mass is 285 g/mol. The Bertz CT molecular complexity index is 648. The lowest BCUT2D eigenvalue weighted by molar-refractivity contribution is 1.31. The van der Waals surface area contributed by atoms with Crippen LogP contribution in [0.3, 0.4) is 0 Å². The molecule has 0 atom stereocenters. The van der Waals surface area contributed by atoms with E-state index >= 15 is 0 Å². The molecule has 0 fully saturated rings. The predicted octanol–water partition coefficient (Wildman–Crippen LogP) is 4.63. The highest BCUT2D eigenvalue weighted by atomic mass is 35.5. The molecule has 1 heterocycles. The second-order valence-corrected chi connectivity index (χ2v) is 10.6. The number of hydrogen-bond donors (Lipinski definition) is 0. The summed E-state index contributed by atoms with van der Waals surface area (Å²) < 4.78 is 0. The molecule has 1 aromatic carbocycles. The molecule has 1 aromatic heterocycles. The third-order valence-electron chi connectivity index (χ3n) is 2.48. The Balaban J connectivity index is 2.50. The van der Waals surface area contributed by atoms with E-state index in [0.29, 0.717) is 5.02 Å². The van der Waals surface area contributed by atoms with Crippen LogP contribution < -0.4 is 0 Å². The number of aromatic nitrogens is 1. The van der Waals surface area contributed by atoms with E-state index < -0.39 is 8.07 Å². The maximum atomic E-state index is 6.04. The summed E-state index contributed by atoms with van der Waals surface area (Å²) in [5.41, 5.74) is 6.25. The Morgan fingerprint density at radius 2 is 1.89 bits per heavy atom. The number of rotatable bonds is 1. The van der Waals surface area contributed by atoms with Crippen molar-refractivity contribution in [3.63, 3.8) is 0 Å². The van der Waals surface area contributed by atoms with Gasteiger partial charge in [-0.25, -0.2) is 0 Å². The number of hydrogen-bond acceptors (Lipinski definition) is 1. The second kappa shape index (κ2) is 5.60. The van der Waals surface area contributed by atoms with Crippen molar-refractivity contribution in [3.8, 4) is 22.7 Å². The van der Waals surface area contributed by atoms with E-state index in [1.54, 1.807) is 6.20 Å². The van der Waals surface area contributed by atoms with Crippen molar-refractivity contribution >= 4 is 19.7 Å². The molecule has 0 saturated heterocycles. The molecule has 0 saturated carbocycles. The van der Waals surface area contributed by atoms with Crippen molar-refractivity contribution in [2.45, 2.75) is 19.6 Å². The van der Waals surface area contributed by atoms with Gasteiger partial charge in [0.15, 0.2) is 0 Å². The normalized spacial score (nSPS) is 10.7. The summed E-state index contributed by atoms with van der Waals surface area (Å²) in [4.78, 5) is 4.45. The van der Waals surface area contributed by atoms with Crippen LogP contribution in [0.4, 0.5) is 0 Å². The molecule has 0 aliphatic rings. The van der Waals surface area contributed by atoms with E-state index in [2.05, 4.69) is 36.1 Å². The van der Waals surface area contributed by atoms with Gasteiger partial charge in [-0.1, -0.05) is 49.3 Å². The number of halogens is 1. The Labute approximate surface area is 120 Å². The smallest absolute Gasteiger partial charge is 0.129 e. The topological polar surface area (TPSA) is 12.9 Å². The quantitative estimate of drug-likeness (QED) is 0.550. The van der Waals surface area contributed by atoms with E-state index in [9.17, 15) is 0 Å². The van der Waals surface area contributed by atoms with Crippen LogP contribution in [0.2, 0.25) is 24.7 Å². The molecule has 0 amide bonds. The lowest BCUT2D eigenvalue weighted by Crippen LogP contribution is -2.16. The van der Waals surface area contributed by atoms with Gasteiger partial charge in [0.1, 0.15) is 8.07 Å². The van der Waals surface area contributed by atoms with E-state index in [-0.39, 0.29) is 0 Å². The number of benzene rings is 1. The second-order valence-electron chi connectivity index (χ2n) is 5.41. The summed E-state index contributed by atoms with van der Waals surface area (Å²) in [6.45, 7) is 6.69. The minimum Gasteiger partial charge on any atom is -0.255 e. The molecule has 0 spiro atoms. The summed E-state index contributed by atoms with van der Waals surface area (Å²) in [6, 6.07) is 11.7. The van der Waals surface area contributed by atoms with Crippen molar-refractivity contribution in [3.05, 3.63) is 53.2 Å². The first kappa shape index (κ1) is 13.9. The zero-order chi connectivity index (χ0) is 13.9. The molecule has 0 radical (unpaired) electrons. The maximum Gasteiger partial charge on any atom is 0.129 e. The van der Waals surface area contributed by atoms with Crippen molar-refractivity contribution in [1.29, 1.82) is 0 Å². The lowest BCUT2D eigenvalue weighted by atomic mass is 10.1. The first-order valence-corrected chi connectivity index (χ1v) is 10.1. The summed E-state index contributed by atoms with van der Waals surface area (Å²) in [5.74, 6) is 3.28. The summed E-state index contributed by atoms with van der Waals surface area (Å²) in [5, 5.41) is 0.715. The SMILES string of the molecule is C[Si](C)(C)C#Cc1cccnc1-c1cccc(Cl)c1. The van der Waals surface area contributed by atoms with Gasteiger partial charge in [0.05, 0.1) is 11.3 Å². The molecule has 0 unspecified atom stereocenters. The zero-order valence-electron chi connectivity index (χ0n) is 11.4. The van der Waals surface area contributed by atoms with E-state index in [1.165, 1.54) is 0 Å². The van der Waals surface area contributed by atoms with Gasteiger partial charge in [0, 0.05) is 16.8 Å². The van der Waals surface area contributed by atoms with Crippen molar-refractivity contribution in [1.82, 2.24) is 4.98 Å². The third kappa shape index (κ3) is 3.95. The first-order chi connectivity index (χ1) is 8.96. The van der Waals surface area contributed by atoms with Gasteiger partial charge >= 0.3 is 0 Å². The molecule has 3 heteroatoms. The Morgan fingerprint density at radius 1 is 1.11 bits per heavy atom. The molecule has 0 bridgehead atoms. The Kier molecular flexibility index (Phi) is 4.09. The standard InChI is InChI=1S/C16H16ClNSi/c1-19(2,3)11-9-13-7-5-10-18-16(13)14-6-4-8-15(17)12-14/h4-8,10,12H,1-3H3. The minimum atomic E-state index is -1.39. The van der Waals surface area contributed by atoms with Crippen LogP contribution in [0.5, 0.6) is 0 Å². The summed E-state index contributed by atoms with van der Waals surface area (Å²) >= 11 is 6.04. The van der Waals surface area contributed by atoms with E-state index in [4.69, 9.17) is 11.6 Å². The van der Waals surface area contributed by atoms with Crippen LogP contribution in [-0.4, -0.2) is 13.1 Å². The molecular weight excluding hydrogens is 270 g/mol. The van der Waals surface area contributed by atoms with Gasteiger partial charge < -0.3 is 0 Å². The number of nitrogens with zero attached hydrogens (tertiary/aromatic N) is 1. The summed E-state index contributed by atoms with van der Waals surface area (Å²) in [6.07, 6.45) is 1.79.